The van der Waals surface area contributed by atoms with Gasteiger partial charge in [0.1, 0.15) is 4.70 Å². The predicted molar refractivity (Wildman–Crippen MR) is 85.3 cm³/mol. The summed E-state index contributed by atoms with van der Waals surface area (Å²) >= 11 is 6.79. The maximum Gasteiger partial charge on any atom is 0.272 e. The van der Waals surface area contributed by atoms with Crippen LogP contribution in [0.1, 0.15) is 25.7 Å². The smallest absolute Gasteiger partial charge is 0.272 e. The van der Waals surface area contributed by atoms with Crippen LogP contribution in [0.2, 0.25) is 0 Å². The Morgan fingerprint density at radius 1 is 1.35 bits per heavy atom. The number of aromatic amines is 1. The molecule has 20 heavy (non-hydrogen) atoms. The number of H-pyrrole nitrogens is 1. The van der Waals surface area contributed by atoms with Crippen LogP contribution >= 0.6 is 23.6 Å². The molecule has 0 unspecified atom stereocenters. The summed E-state index contributed by atoms with van der Waals surface area (Å²) in [5.74, 6) is 0. The van der Waals surface area contributed by atoms with Crippen molar-refractivity contribution in [2.75, 3.05) is 19.6 Å². The molecule has 1 fully saturated rings. The molecular weight excluding hydrogens is 290 g/mol. The first kappa shape index (κ1) is 14.0. The Labute approximate surface area is 127 Å². The van der Waals surface area contributed by atoms with Crippen LogP contribution in [0.15, 0.2) is 16.2 Å². The fraction of sp³-hybridized carbons (Fsp3) is 0.571. The van der Waals surface area contributed by atoms with E-state index in [4.69, 9.17) is 12.2 Å². The maximum atomic E-state index is 12.4. The molecule has 1 saturated heterocycles. The Morgan fingerprint density at radius 2 is 2.15 bits per heavy atom. The van der Waals surface area contributed by atoms with Gasteiger partial charge in [0, 0.05) is 13.0 Å². The van der Waals surface area contributed by atoms with E-state index in [0.717, 1.165) is 29.7 Å². The van der Waals surface area contributed by atoms with Crippen LogP contribution in [0.3, 0.4) is 0 Å². The van der Waals surface area contributed by atoms with Crippen molar-refractivity contribution in [3.63, 3.8) is 0 Å². The molecule has 0 bridgehead atoms. The van der Waals surface area contributed by atoms with Gasteiger partial charge in [-0.2, -0.15) is 0 Å². The molecule has 2 N–H and O–H groups in total. The summed E-state index contributed by atoms with van der Waals surface area (Å²) < 4.78 is 3.05. The van der Waals surface area contributed by atoms with Crippen molar-refractivity contribution >= 4 is 33.8 Å². The van der Waals surface area contributed by atoms with Crippen LogP contribution in [0.5, 0.6) is 0 Å². The second-order valence-electron chi connectivity index (χ2n) is 5.46. The SMILES string of the molecule is O=c1c2sccc2[nH]c(=S)n1CCC[NH+]1CCCCC1. The van der Waals surface area contributed by atoms with E-state index in [9.17, 15) is 4.79 Å². The van der Waals surface area contributed by atoms with Crippen molar-refractivity contribution in [2.24, 2.45) is 0 Å². The number of piperidine rings is 1. The maximum absolute atomic E-state index is 12.4. The number of aromatic nitrogens is 2. The Hall–Kier alpha value is -0.980. The number of nitrogens with one attached hydrogen (secondary N) is 2. The van der Waals surface area contributed by atoms with E-state index in [2.05, 4.69) is 4.98 Å². The van der Waals surface area contributed by atoms with Crippen LogP contribution in [-0.2, 0) is 6.54 Å². The lowest BCUT2D eigenvalue weighted by Crippen LogP contribution is -3.12. The number of hydrogen-bond donors (Lipinski definition) is 2. The van der Waals surface area contributed by atoms with Crippen LogP contribution in [0.25, 0.3) is 10.2 Å². The summed E-state index contributed by atoms with van der Waals surface area (Å²) in [6, 6.07) is 1.92. The van der Waals surface area contributed by atoms with Crippen LogP contribution < -0.4 is 10.5 Å². The standard InChI is InChI=1S/C14H19N3OS2/c18-13-12-11(5-10-20-12)15-14(19)17(13)9-4-8-16-6-2-1-3-7-16/h5,10H,1-4,6-9H2,(H,15,19)/p+1. The van der Waals surface area contributed by atoms with Crippen molar-refractivity contribution in [2.45, 2.75) is 32.2 Å². The highest BCUT2D eigenvalue weighted by molar-refractivity contribution is 7.71. The molecule has 0 atom stereocenters. The lowest BCUT2D eigenvalue weighted by molar-refractivity contribution is -0.905. The van der Waals surface area contributed by atoms with Crippen molar-refractivity contribution in [1.29, 1.82) is 0 Å². The lowest BCUT2D eigenvalue weighted by atomic mass is 10.1. The Balaban J connectivity index is 1.70. The zero-order chi connectivity index (χ0) is 13.9. The largest absolute Gasteiger partial charge is 0.335 e. The second kappa shape index (κ2) is 6.20. The van der Waals surface area contributed by atoms with Crippen molar-refractivity contribution in [1.82, 2.24) is 9.55 Å². The fourth-order valence-corrected chi connectivity index (χ4v) is 4.04. The molecule has 108 valence electrons. The first-order valence-electron chi connectivity index (χ1n) is 7.29. The molecule has 0 aliphatic carbocycles. The van der Waals surface area contributed by atoms with E-state index in [0.29, 0.717) is 4.77 Å². The predicted octanol–water partition coefficient (Wildman–Crippen LogP) is 1.58. The summed E-state index contributed by atoms with van der Waals surface area (Å²) in [5, 5.41) is 1.93. The number of thiophene rings is 1. The molecule has 2 aromatic heterocycles. The van der Waals surface area contributed by atoms with Crippen LogP contribution in [-0.4, -0.2) is 29.2 Å². The molecule has 0 aromatic carbocycles. The molecular formula is C14H20N3OS2+. The van der Waals surface area contributed by atoms with Crippen molar-refractivity contribution in [3.05, 3.63) is 26.6 Å². The zero-order valence-corrected chi connectivity index (χ0v) is 13.1. The highest BCUT2D eigenvalue weighted by Gasteiger charge is 2.13. The van der Waals surface area contributed by atoms with Gasteiger partial charge in [0.2, 0.25) is 0 Å². The van der Waals surface area contributed by atoms with E-state index < -0.39 is 0 Å². The number of quaternary nitrogens is 1. The quantitative estimate of drug-likeness (QED) is 0.842. The van der Waals surface area contributed by atoms with Crippen molar-refractivity contribution in [3.8, 4) is 0 Å². The average molecular weight is 310 g/mol. The molecule has 4 nitrogen and oxygen atoms in total. The number of fused-ring (bicyclic) bond motifs is 1. The monoisotopic (exact) mass is 310 g/mol. The van der Waals surface area contributed by atoms with E-state index in [-0.39, 0.29) is 5.56 Å². The van der Waals surface area contributed by atoms with Gasteiger partial charge in [-0.05, 0) is 42.9 Å². The molecule has 1 aliphatic heterocycles. The van der Waals surface area contributed by atoms with E-state index in [1.165, 1.54) is 43.7 Å². The molecule has 2 aromatic rings. The van der Waals surface area contributed by atoms with Gasteiger partial charge in [0.15, 0.2) is 4.77 Å². The van der Waals surface area contributed by atoms with Gasteiger partial charge in [-0.3, -0.25) is 9.36 Å². The molecule has 0 amide bonds. The van der Waals surface area contributed by atoms with Gasteiger partial charge in [-0.1, -0.05) is 0 Å². The van der Waals surface area contributed by atoms with Gasteiger partial charge in [-0.15, -0.1) is 11.3 Å². The Kier molecular flexibility index (Phi) is 4.33. The Morgan fingerprint density at radius 3 is 2.95 bits per heavy atom. The Bertz CT molecular complexity index is 694. The first-order chi connectivity index (χ1) is 9.75. The van der Waals surface area contributed by atoms with Crippen LogP contribution in [0, 0.1) is 4.77 Å². The first-order valence-corrected chi connectivity index (χ1v) is 8.58. The molecule has 3 heterocycles. The summed E-state index contributed by atoms with van der Waals surface area (Å²) in [6.07, 6.45) is 5.08. The third-order valence-corrected chi connectivity index (χ3v) is 5.29. The second-order valence-corrected chi connectivity index (χ2v) is 6.77. The average Bonchev–Trinajstić information content (AvgIpc) is 2.92. The fourth-order valence-electron chi connectivity index (χ4n) is 2.96. The minimum absolute atomic E-state index is 0.0624. The normalized spacial score (nSPS) is 16.8. The van der Waals surface area contributed by atoms with E-state index in [1.807, 2.05) is 11.4 Å². The molecule has 0 radical (unpaired) electrons. The molecule has 1 aliphatic rings. The number of hydrogen-bond acceptors (Lipinski definition) is 3. The van der Waals surface area contributed by atoms with E-state index >= 15 is 0 Å². The van der Waals surface area contributed by atoms with Gasteiger partial charge in [0.25, 0.3) is 5.56 Å². The van der Waals surface area contributed by atoms with Gasteiger partial charge < -0.3 is 9.88 Å². The third kappa shape index (κ3) is 2.87. The third-order valence-electron chi connectivity index (χ3n) is 4.06. The zero-order valence-electron chi connectivity index (χ0n) is 11.5. The molecule has 0 saturated carbocycles. The van der Waals surface area contributed by atoms with Gasteiger partial charge >= 0.3 is 0 Å². The summed E-state index contributed by atoms with van der Waals surface area (Å²) in [6.45, 7) is 4.44. The van der Waals surface area contributed by atoms with Gasteiger partial charge in [0.05, 0.1) is 25.2 Å². The van der Waals surface area contributed by atoms with Crippen molar-refractivity contribution < 1.29 is 4.90 Å². The lowest BCUT2D eigenvalue weighted by Gasteiger charge is -2.23. The minimum Gasteiger partial charge on any atom is -0.335 e. The topological polar surface area (TPSA) is 42.2 Å². The summed E-state index contributed by atoms with van der Waals surface area (Å²) in [7, 11) is 0. The summed E-state index contributed by atoms with van der Waals surface area (Å²) in [5.41, 5.74) is 0.926. The number of likely N-dealkylation sites (tertiary alicyclic amines) is 1. The summed E-state index contributed by atoms with van der Waals surface area (Å²) in [4.78, 5) is 17.2. The minimum atomic E-state index is 0.0624. The highest BCUT2D eigenvalue weighted by Crippen LogP contribution is 2.13. The van der Waals surface area contributed by atoms with Crippen LogP contribution in [0.4, 0.5) is 0 Å². The number of nitrogens with zero attached hydrogens (tertiary/aromatic N) is 1. The molecule has 0 spiro atoms. The van der Waals surface area contributed by atoms with E-state index in [1.54, 1.807) is 9.47 Å². The number of rotatable bonds is 4. The van der Waals surface area contributed by atoms with Gasteiger partial charge in [-0.25, -0.2) is 0 Å². The highest BCUT2D eigenvalue weighted by atomic mass is 32.1. The molecule has 3 rings (SSSR count). The molecule has 6 heteroatoms.